The molecule has 1 heterocycles. The van der Waals surface area contributed by atoms with Crippen molar-refractivity contribution in [1.29, 1.82) is 0 Å². The second kappa shape index (κ2) is 6.74. The standard InChI is InChI=1S/C13H19N5/c1-2-3-4-7-10-14-12-8-5-6-9-13(12)18-11-15-16-17-18/h5-6,8-9,11,14H,2-4,7,10H2,1H3. The first-order valence-corrected chi connectivity index (χ1v) is 6.48. The summed E-state index contributed by atoms with van der Waals surface area (Å²) in [5.41, 5.74) is 2.05. The molecule has 0 saturated heterocycles. The van der Waals surface area contributed by atoms with E-state index in [1.807, 2.05) is 18.2 Å². The molecule has 0 saturated carbocycles. The zero-order valence-corrected chi connectivity index (χ0v) is 10.7. The Morgan fingerprint density at radius 3 is 2.83 bits per heavy atom. The van der Waals surface area contributed by atoms with Crippen LogP contribution in [0.2, 0.25) is 0 Å². The monoisotopic (exact) mass is 245 g/mol. The summed E-state index contributed by atoms with van der Waals surface area (Å²) >= 11 is 0. The number of rotatable bonds is 7. The molecule has 0 amide bonds. The maximum Gasteiger partial charge on any atom is 0.143 e. The highest BCUT2D eigenvalue weighted by atomic mass is 15.5. The van der Waals surface area contributed by atoms with Crippen molar-refractivity contribution in [2.75, 3.05) is 11.9 Å². The van der Waals surface area contributed by atoms with Gasteiger partial charge >= 0.3 is 0 Å². The fourth-order valence-corrected chi connectivity index (χ4v) is 1.87. The van der Waals surface area contributed by atoms with Gasteiger partial charge in [-0.2, -0.15) is 4.68 Å². The maximum atomic E-state index is 3.92. The van der Waals surface area contributed by atoms with E-state index < -0.39 is 0 Å². The highest BCUT2D eigenvalue weighted by Gasteiger charge is 2.03. The Morgan fingerprint density at radius 2 is 2.06 bits per heavy atom. The van der Waals surface area contributed by atoms with Gasteiger partial charge in [0.2, 0.25) is 0 Å². The molecule has 2 aromatic rings. The zero-order chi connectivity index (χ0) is 12.6. The van der Waals surface area contributed by atoms with Crippen molar-refractivity contribution in [2.24, 2.45) is 0 Å². The highest BCUT2D eigenvalue weighted by Crippen LogP contribution is 2.18. The van der Waals surface area contributed by atoms with Gasteiger partial charge in [-0.15, -0.1) is 5.10 Å². The van der Waals surface area contributed by atoms with Gasteiger partial charge in [0.1, 0.15) is 6.33 Å². The van der Waals surface area contributed by atoms with E-state index in [1.54, 1.807) is 11.0 Å². The van der Waals surface area contributed by atoms with Crippen LogP contribution in [-0.2, 0) is 0 Å². The molecular weight excluding hydrogens is 226 g/mol. The van der Waals surface area contributed by atoms with Gasteiger partial charge in [-0.25, -0.2) is 0 Å². The second-order valence-corrected chi connectivity index (χ2v) is 4.26. The van der Waals surface area contributed by atoms with Crippen LogP contribution in [0, 0.1) is 0 Å². The van der Waals surface area contributed by atoms with Gasteiger partial charge in [-0.1, -0.05) is 38.3 Å². The van der Waals surface area contributed by atoms with Crippen molar-refractivity contribution < 1.29 is 0 Å². The predicted octanol–water partition coefficient (Wildman–Crippen LogP) is 2.65. The minimum atomic E-state index is 0.984. The molecule has 0 aliphatic rings. The number of hydrogen-bond acceptors (Lipinski definition) is 4. The summed E-state index contributed by atoms with van der Waals surface area (Å²) in [6.45, 7) is 3.21. The quantitative estimate of drug-likeness (QED) is 0.762. The van der Waals surface area contributed by atoms with Crippen LogP contribution in [0.15, 0.2) is 30.6 Å². The first-order valence-electron chi connectivity index (χ1n) is 6.48. The third kappa shape index (κ3) is 3.29. The Kier molecular flexibility index (Phi) is 4.69. The molecular formula is C13H19N5. The summed E-state index contributed by atoms with van der Waals surface area (Å²) in [6.07, 6.45) is 6.64. The molecule has 0 fully saturated rings. The van der Waals surface area contributed by atoms with E-state index in [9.17, 15) is 0 Å². The lowest BCUT2D eigenvalue weighted by molar-refractivity contribution is 0.684. The summed E-state index contributed by atoms with van der Waals surface area (Å²) in [7, 11) is 0. The Hall–Kier alpha value is -1.91. The number of aromatic nitrogens is 4. The lowest BCUT2D eigenvalue weighted by Gasteiger charge is -2.10. The fourth-order valence-electron chi connectivity index (χ4n) is 1.87. The molecule has 5 heteroatoms. The lowest BCUT2D eigenvalue weighted by Crippen LogP contribution is -2.06. The number of nitrogens with zero attached hydrogens (tertiary/aromatic N) is 4. The first kappa shape index (κ1) is 12.5. The molecule has 0 aliphatic carbocycles. The van der Waals surface area contributed by atoms with Gasteiger partial charge in [0.05, 0.1) is 11.4 Å². The topological polar surface area (TPSA) is 55.6 Å². The molecule has 0 atom stereocenters. The van der Waals surface area contributed by atoms with Gasteiger partial charge in [0, 0.05) is 6.54 Å². The first-order chi connectivity index (χ1) is 8.92. The van der Waals surface area contributed by atoms with Crippen LogP contribution in [0.4, 0.5) is 5.69 Å². The summed E-state index contributed by atoms with van der Waals surface area (Å²) < 4.78 is 1.67. The third-order valence-electron chi connectivity index (χ3n) is 2.85. The molecule has 0 aliphatic heterocycles. The third-order valence-corrected chi connectivity index (χ3v) is 2.85. The number of anilines is 1. The van der Waals surface area contributed by atoms with Crippen LogP contribution in [-0.4, -0.2) is 26.8 Å². The molecule has 1 N–H and O–H groups in total. The van der Waals surface area contributed by atoms with E-state index in [2.05, 4.69) is 33.8 Å². The number of nitrogens with one attached hydrogen (secondary N) is 1. The molecule has 96 valence electrons. The van der Waals surface area contributed by atoms with Crippen LogP contribution in [0.5, 0.6) is 0 Å². The van der Waals surface area contributed by atoms with Gasteiger partial charge in [0.15, 0.2) is 0 Å². The molecule has 18 heavy (non-hydrogen) atoms. The molecule has 1 aromatic heterocycles. The summed E-state index contributed by atoms with van der Waals surface area (Å²) in [6, 6.07) is 8.06. The van der Waals surface area contributed by atoms with Gasteiger partial charge in [0.25, 0.3) is 0 Å². The van der Waals surface area contributed by atoms with E-state index in [4.69, 9.17) is 0 Å². The minimum absolute atomic E-state index is 0.984. The highest BCUT2D eigenvalue weighted by molar-refractivity contribution is 5.60. The van der Waals surface area contributed by atoms with Crippen LogP contribution in [0.25, 0.3) is 5.69 Å². The largest absolute Gasteiger partial charge is 0.383 e. The molecule has 2 rings (SSSR count). The van der Waals surface area contributed by atoms with E-state index in [0.717, 1.165) is 17.9 Å². The Morgan fingerprint density at radius 1 is 1.17 bits per heavy atom. The second-order valence-electron chi connectivity index (χ2n) is 4.26. The summed E-state index contributed by atoms with van der Waals surface area (Å²) in [5, 5.41) is 14.7. The van der Waals surface area contributed by atoms with Crippen LogP contribution in [0.3, 0.4) is 0 Å². The van der Waals surface area contributed by atoms with Crippen molar-refractivity contribution in [3.05, 3.63) is 30.6 Å². The van der Waals surface area contributed by atoms with E-state index in [0.29, 0.717) is 0 Å². The maximum absolute atomic E-state index is 3.92. The number of benzene rings is 1. The number of para-hydroxylation sites is 2. The van der Waals surface area contributed by atoms with Crippen LogP contribution in [0.1, 0.15) is 32.6 Å². The van der Waals surface area contributed by atoms with Crippen molar-refractivity contribution >= 4 is 5.69 Å². The Labute approximate surface area is 107 Å². The summed E-state index contributed by atoms with van der Waals surface area (Å²) in [4.78, 5) is 0. The average molecular weight is 245 g/mol. The van der Waals surface area contributed by atoms with Crippen molar-refractivity contribution in [1.82, 2.24) is 20.2 Å². The molecule has 5 nitrogen and oxygen atoms in total. The van der Waals surface area contributed by atoms with Crippen molar-refractivity contribution in [3.8, 4) is 5.69 Å². The van der Waals surface area contributed by atoms with E-state index in [1.165, 1.54) is 25.7 Å². The Balaban J connectivity index is 1.96. The van der Waals surface area contributed by atoms with Crippen LogP contribution >= 0.6 is 0 Å². The zero-order valence-electron chi connectivity index (χ0n) is 10.7. The van der Waals surface area contributed by atoms with Crippen molar-refractivity contribution in [2.45, 2.75) is 32.6 Å². The molecule has 1 aromatic carbocycles. The lowest BCUT2D eigenvalue weighted by atomic mass is 10.2. The molecule has 0 radical (unpaired) electrons. The molecule has 0 unspecified atom stereocenters. The van der Waals surface area contributed by atoms with E-state index in [-0.39, 0.29) is 0 Å². The number of hydrogen-bond donors (Lipinski definition) is 1. The summed E-state index contributed by atoms with van der Waals surface area (Å²) in [5.74, 6) is 0. The van der Waals surface area contributed by atoms with Crippen molar-refractivity contribution in [3.63, 3.8) is 0 Å². The number of unbranched alkanes of at least 4 members (excludes halogenated alkanes) is 3. The number of tetrazole rings is 1. The predicted molar refractivity (Wildman–Crippen MR) is 71.8 cm³/mol. The minimum Gasteiger partial charge on any atom is -0.383 e. The van der Waals surface area contributed by atoms with Crippen LogP contribution < -0.4 is 5.32 Å². The SMILES string of the molecule is CCCCCCNc1ccccc1-n1cnnn1. The molecule has 0 bridgehead atoms. The van der Waals surface area contributed by atoms with Gasteiger partial charge < -0.3 is 5.32 Å². The Bertz CT molecular complexity index is 452. The normalized spacial score (nSPS) is 10.5. The van der Waals surface area contributed by atoms with Gasteiger partial charge in [-0.05, 0) is 29.0 Å². The smallest absolute Gasteiger partial charge is 0.143 e. The van der Waals surface area contributed by atoms with Gasteiger partial charge in [-0.3, -0.25) is 0 Å². The fraction of sp³-hybridized carbons (Fsp3) is 0.462. The van der Waals surface area contributed by atoms with E-state index >= 15 is 0 Å². The average Bonchev–Trinajstić information content (AvgIpc) is 2.93. The molecule has 0 spiro atoms.